The molecule has 0 aromatic rings. The summed E-state index contributed by atoms with van der Waals surface area (Å²) in [5.41, 5.74) is 16.1. The van der Waals surface area contributed by atoms with Crippen LogP contribution in [-0.4, -0.2) is 71.2 Å². The maximum atomic E-state index is 12.3. The van der Waals surface area contributed by atoms with E-state index >= 15 is 0 Å². The molecule has 0 bridgehead atoms. The van der Waals surface area contributed by atoms with Gasteiger partial charge in [-0.1, -0.05) is 6.42 Å². The first-order valence-corrected chi connectivity index (χ1v) is 9.65. The van der Waals surface area contributed by atoms with Crippen LogP contribution in [0.5, 0.6) is 0 Å². The molecule has 0 aromatic carbocycles. The number of primary amides is 1. The average Bonchev–Trinajstić information content (AvgIpc) is 2.64. The van der Waals surface area contributed by atoms with Gasteiger partial charge in [0.2, 0.25) is 23.6 Å². The van der Waals surface area contributed by atoms with Crippen LogP contribution in [0.15, 0.2) is 0 Å². The molecule has 166 valence electrons. The fourth-order valence-corrected chi connectivity index (χ4v) is 2.45. The fraction of sp³-hybridized carbons (Fsp3) is 0.688. The SMILES string of the molecule is CC(NC(=O)C(CS)NC(=O)C(N)CCCCN)C(=O)NC(CC(N)=O)C(=O)O. The first-order chi connectivity index (χ1) is 13.5. The third kappa shape index (κ3) is 10.7. The Kier molecular flexibility index (Phi) is 12.6. The van der Waals surface area contributed by atoms with Crippen molar-refractivity contribution in [2.75, 3.05) is 12.3 Å². The molecule has 0 radical (unpaired) electrons. The standard InChI is InChI=1S/C16H30N6O6S/c1-8(13(24)21-10(16(27)28)6-12(19)23)20-15(26)11(7-29)22-14(25)9(18)4-2-3-5-17/h8-11,29H,2-7,17-18H2,1H3,(H2,19,23)(H,20,26)(H,21,24)(H,22,25)(H,27,28). The van der Waals surface area contributed by atoms with Gasteiger partial charge in [-0.15, -0.1) is 0 Å². The zero-order valence-corrected chi connectivity index (χ0v) is 17.1. The van der Waals surface area contributed by atoms with Crippen molar-refractivity contribution >= 4 is 42.2 Å². The summed E-state index contributed by atoms with van der Waals surface area (Å²) in [4.78, 5) is 58.4. The van der Waals surface area contributed by atoms with Crippen LogP contribution < -0.4 is 33.2 Å². The Morgan fingerprint density at radius 3 is 2.03 bits per heavy atom. The molecule has 0 fully saturated rings. The molecule has 0 rings (SSSR count). The number of carbonyl (C=O) groups excluding carboxylic acids is 4. The van der Waals surface area contributed by atoms with E-state index in [9.17, 15) is 24.0 Å². The molecule has 4 atom stereocenters. The van der Waals surface area contributed by atoms with E-state index < -0.39 is 60.2 Å². The summed E-state index contributed by atoms with van der Waals surface area (Å²) >= 11 is 4.02. The number of nitrogens with two attached hydrogens (primary N) is 3. The number of hydrogen-bond acceptors (Lipinski definition) is 8. The second-order valence-corrected chi connectivity index (χ2v) is 6.80. The molecule has 0 aliphatic rings. The highest BCUT2D eigenvalue weighted by Crippen LogP contribution is 2.00. The molecule has 13 heteroatoms. The van der Waals surface area contributed by atoms with Crippen molar-refractivity contribution in [3.05, 3.63) is 0 Å². The summed E-state index contributed by atoms with van der Waals surface area (Å²) in [5, 5.41) is 15.9. The quantitative estimate of drug-likeness (QED) is 0.102. The summed E-state index contributed by atoms with van der Waals surface area (Å²) in [6.45, 7) is 1.80. The molecule has 29 heavy (non-hydrogen) atoms. The Balaban J connectivity index is 4.74. The Hall–Kier alpha value is -2.38. The maximum Gasteiger partial charge on any atom is 0.326 e. The Labute approximate surface area is 174 Å². The van der Waals surface area contributed by atoms with E-state index in [1.54, 1.807) is 0 Å². The number of carbonyl (C=O) groups is 5. The molecule has 4 amide bonds. The number of hydrogen-bond donors (Lipinski definition) is 8. The van der Waals surface area contributed by atoms with Crippen LogP contribution in [0.3, 0.4) is 0 Å². The number of carboxylic acid groups (broad SMARTS) is 1. The highest BCUT2D eigenvalue weighted by Gasteiger charge is 2.28. The van der Waals surface area contributed by atoms with Crippen LogP contribution in [-0.2, 0) is 24.0 Å². The third-order valence-electron chi connectivity index (χ3n) is 3.89. The number of nitrogens with one attached hydrogen (secondary N) is 3. The van der Waals surface area contributed by atoms with Crippen LogP contribution in [0, 0.1) is 0 Å². The Morgan fingerprint density at radius 1 is 0.966 bits per heavy atom. The monoisotopic (exact) mass is 434 g/mol. The normalized spacial score (nSPS) is 14.8. The lowest BCUT2D eigenvalue weighted by molar-refractivity contribution is -0.143. The molecular formula is C16H30N6O6S. The largest absolute Gasteiger partial charge is 0.480 e. The van der Waals surface area contributed by atoms with Gasteiger partial charge in [0.15, 0.2) is 0 Å². The summed E-state index contributed by atoms with van der Waals surface area (Å²) in [5.74, 6) is -4.49. The fourth-order valence-electron chi connectivity index (χ4n) is 2.19. The molecule has 4 unspecified atom stereocenters. The average molecular weight is 435 g/mol. The van der Waals surface area contributed by atoms with Gasteiger partial charge < -0.3 is 38.3 Å². The van der Waals surface area contributed by atoms with Gasteiger partial charge in [0.1, 0.15) is 18.1 Å². The number of carboxylic acids is 1. The highest BCUT2D eigenvalue weighted by atomic mass is 32.1. The smallest absolute Gasteiger partial charge is 0.326 e. The van der Waals surface area contributed by atoms with E-state index in [1.165, 1.54) is 6.92 Å². The molecule has 0 heterocycles. The zero-order chi connectivity index (χ0) is 22.6. The van der Waals surface area contributed by atoms with Crippen LogP contribution in [0.1, 0.15) is 32.6 Å². The number of aliphatic carboxylic acids is 1. The van der Waals surface area contributed by atoms with Gasteiger partial charge in [0, 0.05) is 5.75 Å². The van der Waals surface area contributed by atoms with Gasteiger partial charge >= 0.3 is 5.97 Å². The minimum absolute atomic E-state index is 0.0547. The minimum atomic E-state index is -1.52. The molecule has 0 aliphatic heterocycles. The predicted octanol–water partition coefficient (Wildman–Crippen LogP) is -3.19. The molecule has 0 spiro atoms. The van der Waals surface area contributed by atoms with E-state index in [2.05, 4.69) is 28.6 Å². The second-order valence-electron chi connectivity index (χ2n) is 6.43. The van der Waals surface area contributed by atoms with Gasteiger partial charge in [-0.05, 0) is 26.3 Å². The number of rotatable bonds is 14. The minimum Gasteiger partial charge on any atom is -0.480 e. The Morgan fingerprint density at radius 2 is 1.55 bits per heavy atom. The topological polar surface area (TPSA) is 220 Å². The van der Waals surface area contributed by atoms with Crippen molar-refractivity contribution in [3.63, 3.8) is 0 Å². The molecule has 0 saturated carbocycles. The van der Waals surface area contributed by atoms with Crippen molar-refractivity contribution in [1.29, 1.82) is 0 Å². The van der Waals surface area contributed by atoms with Gasteiger partial charge in [0.05, 0.1) is 12.5 Å². The van der Waals surface area contributed by atoms with Gasteiger partial charge in [-0.2, -0.15) is 12.6 Å². The van der Waals surface area contributed by atoms with Gasteiger partial charge in [-0.25, -0.2) is 4.79 Å². The zero-order valence-electron chi connectivity index (χ0n) is 16.2. The van der Waals surface area contributed by atoms with Crippen molar-refractivity contribution < 1.29 is 29.1 Å². The van der Waals surface area contributed by atoms with Crippen molar-refractivity contribution in [2.45, 2.75) is 56.8 Å². The number of amides is 4. The second kappa shape index (κ2) is 13.7. The molecule has 0 aliphatic carbocycles. The summed E-state index contributed by atoms with van der Waals surface area (Å²) in [7, 11) is 0. The first-order valence-electron chi connectivity index (χ1n) is 9.02. The lowest BCUT2D eigenvalue weighted by Crippen LogP contribution is -2.57. The Bertz CT molecular complexity index is 604. The van der Waals surface area contributed by atoms with E-state index in [1.807, 2.05) is 0 Å². The molecule has 12 nitrogen and oxygen atoms in total. The molecule has 10 N–H and O–H groups in total. The summed E-state index contributed by atoms with van der Waals surface area (Å²) in [6, 6.07) is -4.54. The van der Waals surface area contributed by atoms with Crippen molar-refractivity contribution in [2.24, 2.45) is 17.2 Å². The lowest BCUT2D eigenvalue weighted by Gasteiger charge is -2.22. The first kappa shape index (κ1) is 26.6. The van der Waals surface area contributed by atoms with E-state index in [-0.39, 0.29) is 5.75 Å². The summed E-state index contributed by atoms with van der Waals surface area (Å²) < 4.78 is 0. The highest BCUT2D eigenvalue weighted by molar-refractivity contribution is 7.80. The number of thiol groups is 1. The van der Waals surface area contributed by atoms with E-state index in [0.717, 1.165) is 6.42 Å². The predicted molar refractivity (Wildman–Crippen MR) is 108 cm³/mol. The van der Waals surface area contributed by atoms with Crippen LogP contribution in [0.25, 0.3) is 0 Å². The van der Waals surface area contributed by atoms with Gasteiger partial charge in [0.25, 0.3) is 0 Å². The van der Waals surface area contributed by atoms with Gasteiger partial charge in [-0.3, -0.25) is 19.2 Å². The lowest BCUT2D eigenvalue weighted by atomic mass is 10.1. The number of unbranched alkanes of at least 4 members (excludes halogenated alkanes) is 1. The van der Waals surface area contributed by atoms with E-state index in [0.29, 0.717) is 19.4 Å². The van der Waals surface area contributed by atoms with Crippen molar-refractivity contribution in [1.82, 2.24) is 16.0 Å². The van der Waals surface area contributed by atoms with Crippen LogP contribution in [0.4, 0.5) is 0 Å². The molecule has 0 saturated heterocycles. The van der Waals surface area contributed by atoms with E-state index in [4.69, 9.17) is 22.3 Å². The molecule has 0 aromatic heterocycles. The van der Waals surface area contributed by atoms with Crippen LogP contribution >= 0.6 is 12.6 Å². The molecular weight excluding hydrogens is 404 g/mol. The van der Waals surface area contributed by atoms with Crippen molar-refractivity contribution in [3.8, 4) is 0 Å². The third-order valence-corrected chi connectivity index (χ3v) is 4.26. The maximum absolute atomic E-state index is 12.3. The summed E-state index contributed by atoms with van der Waals surface area (Å²) in [6.07, 6.45) is 1.19. The van der Waals surface area contributed by atoms with Crippen LogP contribution in [0.2, 0.25) is 0 Å².